The Kier molecular flexibility index (Phi) is 4.76. The highest BCUT2D eigenvalue weighted by atomic mass is 16.7. The van der Waals surface area contributed by atoms with E-state index in [0.29, 0.717) is 6.54 Å². The lowest BCUT2D eigenvalue weighted by Crippen LogP contribution is -2.41. The molecule has 0 atom stereocenters. The van der Waals surface area contributed by atoms with E-state index in [1.807, 2.05) is 71.2 Å². The van der Waals surface area contributed by atoms with Crippen molar-refractivity contribution in [2.45, 2.75) is 71.8 Å². The number of aromatic nitrogens is 2. The van der Waals surface area contributed by atoms with E-state index >= 15 is 0 Å². The van der Waals surface area contributed by atoms with Gasteiger partial charge >= 0.3 is 13.2 Å². The van der Waals surface area contributed by atoms with Gasteiger partial charge < -0.3 is 23.8 Å². The molecule has 1 aliphatic heterocycles. The largest absolute Gasteiger partial charge is 0.496 e. The molecule has 1 aliphatic rings. The van der Waals surface area contributed by atoms with Crippen LogP contribution in [0.25, 0.3) is 5.65 Å². The molecule has 7 nitrogen and oxygen atoms in total. The van der Waals surface area contributed by atoms with Crippen LogP contribution < -0.4 is 10.8 Å². The molecule has 0 aromatic carbocycles. The van der Waals surface area contributed by atoms with E-state index in [1.54, 1.807) is 6.20 Å². The van der Waals surface area contributed by atoms with E-state index in [-0.39, 0.29) is 0 Å². The highest BCUT2D eigenvalue weighted by Gasteiger charge is 2.51. The number of hydrogen-bond donors (Lipinski definition) is 1. The van der Waals surface area contributed by atoms with E-state index < -0.39 is 30.0 Å². The second-order valence-electron chi connectivity index (χ2n) is 8.88. The number of carbonyl (C=O) groups excluding carboxylic acids is 1. The van der Waals surface area contributed by atoms with Crippen LogP contribution in [0.15, 0.2) is 24.5 Å². The third kappa shape index (κ3) is 4.11. The molecule has 8 heteroatoms. The molecule has 3 heterocycles. The van der Waals surface area contributed by atoms with Gasteiger partial charge in [0.05, 0.1) is 29.6 Å². The Morgan fingerprint density at radius 3 is 2.44 bits per heavy atom. The topological polar surface area (TPSA) is 74.1 Å². The van der Waals surface area contributed by atoms with Crippen molar-refractivity contribution >= 4 is 24.3 Å². The number of alkyl carbamates (subject to hydrolysis) is 1. The molecule has 0 bridgehead atoms. The number of imidazole rings is 1. The van der Waals surface area contributed by atoms with Crippen molar-refractivity contribution < 1.29 is 18.8 Å². The summed E-state index contributed by atoms with van der Waals surface area (Å²) >= 11 is 0. The molecule has 2 aromatic rings. The SMILES string of the molecule is CC(C)(C)OC(=O)NCc1cnc2ccc(B3OC(C)(C)C(C)(C)O3)cn12. The summed E-state index contributed by atoms with van der Waals surface area (Å²) in [6.45, 7) is 13.9. The molecule has 1 amide bonds. The van der Waals surface area contributed by atoms with Gasteiger partial charge in [0.1, 0.15) is 11.2 Å². The van der Waals surface area contributed by atoms with Gasteiger partial charge in [-0.05, 0) is 60.0 Å². The second kappa shape index (κ2) is 6.53. The highest BCUT2D eigenvalue weighted by Crippen LogP contribution is 2.36. The summed E-state index contributed by atoms with van der Waals surface area (Å²) in [5, 5.41) is 2.76. The zero-order valence-corrected chi connectivity index (χ0v) is 17.1. The lowest BCUT2D eigenvalue weighted by atomic mass is 9.80. The van der Waals surface area contributed by atoms with Gasteiger partial charge in [-0.2, -0.15) is 0 Å². The predicted molar refractivity (Wildman–Crippen MR) is 104 cm³/mol. The fourth-order valence-corrected chi connectivity index (χ4v) is 2.77. The Bertz CT molecular complexity index is 838. The first-order chi connectivity index (χ1) is 12.4. The molecule has 0 aliphatic carbocycles. The number of nitrogens with zero attached hydrogens (tertiary/aromatic N) is 2. The third-order valence-electron chi connectivity index (χ3n) is 4.94. The first kappa shape index (κ1) is 19.7. The van der Waals surface area contributed by atoms with Crippen molar-refractivity contribution in [3.8, 4) is 0 Å². The molecular weight excluding hydrogens is 345 g/mol. The minimum atomic E-state index is -0.534. The fourth-order valence-electron chi connectivity index (χ4n) is 2.77. The summed E-state index contributed by atoms with van der Waals surface area (Å²) in [6, 6.07) is 3.87. The quantitative estimate of drug-likeness (QED) is 0.838. The van der Waals surface area contributed by atoms with Crippen LogP contribution in [0.3, 0.4) is 0 Å². The van der Waals surface area contributed by atoms with Crippen LogP contribution in [-0.2, 0) is 20.6 Å². The van der Waals surface area contributed by atoms with Crippen LogP contribution in [0.5, 0.6) is 0 Å². The summed E-state index contributed by atoms with van der Waals surface area (Å²) in [4.78, 5) is 16.3. The summed E-state index contributed by atoms with van der Waals surface area (Å²) in [5.74, 6) is 0. The monoisotopic (exact) mass is 373 g/mol. The summed E-state index contributed by atoms with van der Waals surface area (Å²) in [5.41, 5.74) is 1.20. The van der Waals surface area contributed by atoms with Crippen molar-refractivity contribution in [2.24, 2.45) is 0 Å². The summed E-state index contributed by atoms with van der Waals surface area (Å²) in [7, 11) is -0.450. The maximum atomic E-state index is 11.9. The minimum Gasteiger partial charge on any atom is -0.444 e. The molecule has 1 N–H and O–H groups in total. The molecular formula is C19H28BN3O4. The molecule has 146 valence electrons. The van der Waals surface area contributed by atoms with Crippen molar-refractivity contribution in [3.05, 3.63) is 30.2 Å². The van der Waals surface area contributed by atoms with Crippen molar-refractivity contribution in [2.75, 3.05) is 0 Å². The van der Waals surface area contributed by atoms with Crippen LogP contribution in [0.4, 0.5) is 4.79 Å². The number of pyridine rings is 1. The van der Waals surface area contributed by atoms with Gasteiger partial charge in [-0.25, -0.2) is 9.78 Å². The molecule has 0 radical (unpaired) electrons. The number of rotatable bonds is 3. The lowest BCUT2D eigenvalue weighted by Gasteiger charge is -2.32. The normalized spacial score (nSPS) is 18.7. The molecule has 3 rings (SSSR count). The number of carbonyl (C=O) groups is 1. The third-order valence-corrected chi connectivity index (χ3v) is 4.94. The molecule has 0 saturated carbocycles. The Morgan fingerprint density at radius 1 is 1.22 bits per heavy atom. The fraction of sp³-hybridized carbons (Fsp3) is 0.579. The maximum absolute atomic E-state index is 11.9. The van der Waals surface area contributed by atoms with Crippen molar-refractivity contribution in [1.82, 2.24) is 14.7 Å². The zero-order valence-electron chi connectivity index (χ0n) is 17.1. The van der Waals surface area contributed by atoms with Gasteiger partial charge in [-0.1, -0.05) is 6.07 Å². The van der Waals surface area contributed by atoms with Gasteiger partial charge in [0.25, 0.3) is 0 Å². The molecule has 27 heavy (non-hydrogen) atoms. The lowest BCUT2D eigenvalue weighted by molar-refractivity contribution is 0.00578. The van der Waals surface area contributed by atoms with Crippen molar-refractivity contribution in [3.63, 3.8) is 0 Å². The standard InChI is InChI=1S/C19H28BN3O4/c1-17(2,3)25-16(24)22-11-14-10-21-15-9-8-13(12-23(14)15)20-26-18(4,5)19(6,7)27-20/h8-10,12H,11H2,1-7H3,(H,22,24). The van der Waals surface area contributed by atoms with Crippen LogP contribution in [-0.4, -0.2) is 39.4 Å². The highest BCUT2D eigenvalue weighted by molar-refractivity contribution is 6.62. The van der Waals surface area contributed by atoms with Gasteiger partial charge in [-0.15, -0.1) is 0 Å². The smallest absolute Gasteiger partial charge is 0.444 e. The molecule has 1 saturated heterocycles. The Labute approximate surface area is 160 Å². The van der Waals surface area contributed by atoms with Crippen LogP contribution in [0, 0.1) is 0 Å². The minimum absolute atomic E-state index is 0.308. The van der Waals surface area contributed by atoms with E-state index in [2.05, 4.69) is 10.3 Å². The number of ether oxygens (including phenoxy) is 1. The molecule has 0 spiro atoms. The van der Waals surface area contributed by atoms with E-state index in [1.165, 1.54) is 0 Å². The average Bonchev–Trinajstić information content (AvgIpc) is 3.01. The van der Waals surface area contributed by atoms with E-state index in [4.69, 9.17) is 14.0 Å². The summed E-state index contributed by atoms with van der Waals surface area (Å²) in [6.07, 6.45) is 3.22. The van der Waals surface area contributed by atoms with Crippen LogP contribution in [0.2, 0.25) is 0 Å². The number of fused-ring (bicyclic) bond motifs is 1. The van der Waals surface area contributed by atoms with E-state index in [9.17, 15) is 4.79 Å². The first-order valence-corrected chi connectivity index (χ1v) is 9.16. The maximum Gasteiger partial charge on any atom is 0.496 e. The van der Waals surface area contributed by atoms with Crippen LogP contribution in [0.1, 0.15) is 54.2 Å². The summed E-state index contributed by atoms with van der Waals surface area (Å²) < 4.78 is 19.5. The predicted octanol–water partition coefficient (Wildman–Crippen LogP) is 2.66. The van der Waals surface area contributed by atoms with Crippen molar-refractivity contribution in [1.29, 1.82) is 0 Å². The first-order valence-electron chi connectivity index (χ1n) is 9.16. The number of nitrogens with one attached hydrogen (secondary N) is 1. The van der Waals surface area contributed by atoms with Gasteiger partial charge in [0.15, 0.2) is 0 Å². The Hall–Kier alpha value is -2.06. The molecule has 0 unspecified atom stereocenters. The zero-order chi connectivity index (χ0) is 20.0. The van der Waals surface area contributed by atoms with Gasteiger partial charge in [0.2, 0.25) is 0 Å². The number of hydrogen-bond acceptors (Lipinski definition) is 5. The number of amides is 1. The Balaban J connectivity index is 1.78. The molecule has 1 fully saturated rings. The van der Waals surface area contributed by atoms with Gasteiger partial charge in [0, 0.05) is 6.20 Å². The Morgan fingerprint density at radius 2 is 1.85 bits per heavy atom. The second-order valence-corrected chi connectivity index (χ2v) is 8.88. The van der Waals surface area contributed by atoms with E-state index in [0.717, 1.165) is 16.8 Å². The van der Waals surface area contributed by atoms with Crippen LogP contribution >= 0.6 is 0 Å². The van der Waals surface area contributed by atoms with Gasteiger partial charge in [-0.3, -0.25) is 0 Å². The average molecular weight is 373 g/mol. The molecule has 2 aromatic heterocycles.